The summed E-state index contributed by atoms with van der Waals surface area (Å²) < 4.78 is 10.7. The summed E-state index contributed by atoms with van der Waals surface area (Å²) >= 11 is 0. The summed E-state index contributed by atoms with van der Waals surface area (Å²) in [5, 5.41) is 14.5. The van der Waals surface area contributed by atoms with Crippen molar-refractivity contribution in [2.45, 2.75) is 39.2 Å². The van der Waals surface area contributed by atoms with Crippen molar-refractivity contribution in [2.75, 3.05) is 32.1 Å². The summed E-state index contributed by atoms with van der Waals surface area (Å²) in [6.45, 7) is 5.43. The molecule has 1 aliphatic carbocycles. The summed E-state index contributed by atoms with van der Waals surface area (Å²) in [6.07, 6.45) is 4.70. The van der Waals surface area contributed by atoms with Crippen molar-refractivity contribution >= 4 is 6.01 Å². The molecule has 0 spiro atoms. The van der Waals surface area contributed by atoms with Gasteiger partial charge < -0.3 is 19.8 Å². The second kappa shape index (κ2) is 6.86. The van der Waals surface area contributed by atoms with Gasteiger partial charge in [-0.1, -0.05) is 12.0 Å². The molecule has 0 aliphatic heterocycles. The highest BCUT2D eigenvalue weighted by Gasteiger charge is 2.42. The Balaban J connectivity index is 1.71. The van der Waals surface area contributed by atoms with Gasteiger partial charge in [-0.2, -0.15) is 0 Å². The average Bonchev–Trinajstić information content (AvgIpc) is 3.06. The normalized spacial score (nSPS) is 16.5. The van der Waals surface area contributed by atoms with Crippen LogP contribution >= 0.6 is 0 Å². The van der Waals surface area contributed by atoms with E-state index in [1.807, 2.05) is 0 Å². The maximum atomic E-state index is 5.53. The number of nitrogens with one attached hydrogen (secondary N) is 2. The van der Waals surface area contributed by atoms with Crippen molar-refractivity contribution in [3.63, 3.8) is 0 Å². The summed E-state index contributed by atoms with van der Waals surface area (Å²) in [7, 11) is 1.75. The molecule has 0 atom stereocenters. The number of nitrogens with zero attached hydrogens (tertiary/aromatic N) is 2. The maximum Gasteiger partial charge on any atom is 0.315 e. The second-order valence-electron chi connectivity index (χ2n) is 5.27. The number of rotatable bonds is 10. The number of anilines is 1. The number of aromatic nitrogens is 2. The molecule has 1 aromatic heterocycles. The first kappa shape index (κ1) is 14.3. The standard InChI is InChI=1S/C13H24N4O2/c1-3-7-14-9-11-16-17-12(19-11)15-10-13(4-5-13)6-8-18-2/h14H,3-10H2,1-2H3,(H,15,17). The molecule has 1 aromatic rings. The molecule has 0 saturated heterocycles. The minimum atomic E-state index is 0.380. The van der Waals surface area contributed by atoms with E-state index in [1.54, 1.807) is 7.11 Å². The Kier molecular flexibility index (Phi) is 5.15. The van der Waals surface area contributed by atoms with Crippen LogP contribution in [0.2, 0.25) is 0 Å². The van der Waals surface area contributed by atoms with Crippen LogP contribution < -0.4 is 10.6 Å². The summed E-state index contributed by atoms with van der Waals surface area (Å²) in [5.74, 6) is 0.637. The third-order valence-electron chi connectivity index (χ3n) is 3.58. The van der Waals surface area contributed by atoms with Gasteiger partial charge in [0.25, 0.3) is 0 Å². The monoisotopic (exact) mass is 268 g/mol. The van der Waals surface area contributed by atoms with Crippen LogP contribution in [0.25, 0.3) is 0 Å². The SMILES string of the molecule is CCCNCc1nnc(NCC2(CCOC)CC2)o1. The summed E-state index contributed by atoms with van der Waals surface area (Å²) in [6, 6.07) is 0.525. The molecule has 1 saturated carbocycles. The van der Waals surface area contributed by atoms with E-state index in [2.05, 4.69) is 27.8 Å². The molecular formula is C13H24N4O2. The van der Waals surface area contributed by atoms with Gasteiger partial charge in [0, 0.05) is 20.3 Å². The Hall–Kier alpha value is -1.14. The van der Waals surface area contributed by atoms with Gasteiger partial charge >= 0.3 is 6.01 Å². The lowest BCUT2D eigenvalue weighted by molar-refractivity contribution is 0.174. The van der Waals surface area contributed by atoms with E-state index in [1.165, 1.54) is 12.8 Å². The molecule has 2 rings (SSSR count). The van der Waals surface area contributed by atoms with E-state index in [-0.39, 0.29) is 0 Å². The van der Waals surface area contributed by atoms with Gasteiger partial charge in [0.1, 0.15) is 0 Å². The van der Waals surface area contributed by atoms with Crippen LogP contribution in [-0.4, -0.2) is 37.0 Å². The topological polar surface area (TPSA) is 72.2 Å². The molecule has 108 valence electrons. The second-order valence-corrected chi connectivity index (χ2v) is 5.27. The zero-order valence-electron chi connectivity index (χ0n) is 11.9. The Labute approximate surface area is 114 Å². The zero-order chi connectivity index (χ0) is 13.6. The lowest BCUT2D eigenvalue weighted by atomic mass is 10.0. The Morgan fingerprint density at radius 1 is 1.37 bits per heavy atom. The van der Waals surface area contributed by atoms with Crippen LogP contribution in [0, 0.1) is 5.41 Å². The lowest BCUT2D eigenvalue weighted by Crippen LogP contribution is -2.17. The summed E-state index contributed by atoms with van der Waals surface area (Å²) in [5.41, 5.74) is 0.380. The molecule has 1 fully saturated rings. The van der Waals surface area contributed by atoms with Gasteiger partial charge in [-0.15, -0.1) is 5.10 Å². The minimum absolute atomic E-state index is 0.380. The maximum absolute atomic E-state index is 5.53. The van der Waals surface area contributed by atoms with Crippen molar-refractivity contribution in [3.8, 4) is 0 Å². The molecule has 1 aliphatic rings. The Bertz CT molecular complexity index is 376. The van der Waals surface area contributed by atoms with Crippen LogP contribution in [0.4, 0.5) is 6.01 Å². The van der Waals surface area contributed by atoms with Crippen LogP contribution in [0.1, 0.15) is 38.5 Å². The molecule has 0 amide bonds. The molecule has 19 heavy (non-hydrogen) atoms. The van der Waals surface area contributed by atoms with E-state index in [4.69, 9.17) is 9.15 Å². The average molecular weight is 268 g/mol. The molecule has 0 bridgehead atoms. The van der Waals surface area contributed by atoms with Crippen molar-refractivity contribution < 1.29 is 9.15 Å². The molecule has 0 unspecified atom stereocenters. The number of ether oxygens (including phenoxy) is 1. The number of hydrogen-bond acceptors (Lipinski definition) is 6. The predicted octanol–water partition coefficient (Wildman–Crippen LogP) is 1.80. The highest BCUT2D eigenvalue weighted by atomic mass is 16.5. The van der Waals surface area contributed by atoms with Gasteiger partial charge in [-0.05, 0) is 37.6 Å². The van der Waals surface area contributed by atoms with Crippen molar-refractivity contribution in [3.05, 3.63) is 5.89 Å². The Morgan fingerprint density at radius 2 is 2.21 bits per heavy atom. The van der Waals surface area contributed by atoms with Gasteiger partial charge in [0.2, 0.25) is 5.89 Å². The van der Waals surface area contributed by atoms with Gasteiger partial charge in [0.15, 0.2) is 0 Å². The summed E-state index contributed by atoms with van der Waals surface area (Å²) in [4.78, 5) is 0. The first-order chi connectivity index (χ1) is 9.28. The van der Waals surface area contributed by atoms with E-state index in [9.17, 15) is 0 Å². The quantitative estimate of drug-likeness (QED) is 0.630. The fraction of sp³-hybridized carbons (Fsp3) is 0.846. The highest BCUT2D eigenvalue weighted by Crippen LogP contribution is 2.48. The first-order valence-corrected chi connectivity index (χ1v) is 7.04. The molecular weight excluding hydrogens is 244 g/mol. The molecule has 2 N–H and O–H groups in total. The highest BCUT2D eigenvalue weighted by molar-refractivity contribution is 5.19. The molecule has 6 heteroatoms. The van der Waals surface area contributed by atoms with E-state index < -0.39 is 0 Å². The molecule has 0 aromatic carbocycles. The van der Waals surface area contributed by atoms with Crippen LogP contribution in [0.5, 0.6) is 0 Å². The molecule has 6 nitrogen and oxygen atoms in total. The lowest BCUT2D eigenvalue weighted by Gasteiger charge is -2.13. The van der Waals surface area contributed by atoms with Crippen LogP contribution in [0.3, 0.4) is 0 Å². The smallest absolute Gasteiger partial charge is 0.315 e. The number of methoxy groups -OCH3 is 1. The predicted molar refractivity (Wildman–Crippen MR) is 72.9 cm³/mol. The van der Waals surface area contributed by atoms with Gasteiger partial charge in [-0.25, -0.2) is 0 Å². The van der Waals surface area contributed by atoms with Crippen molar-refractivity contribution in [2.24, 2.45) is 5.41 Å². The van der Waals surface area contributed by atoms with Gasteiger partial charge in [0.05, 0.1) is 6.54 Å². The van der Waals surface area contributed by atoms with E-state index in [0.29, 0.717) is 23.9 Å². The molecule has 0 radical (unpaired) electrons. The third kappa shape index (κ3) is 4.47. The number of hydrogen-bond donors (Lipinski definition) is 2. The first-order valence-electron chi connectivity index (χ1n) is 7.04. The van der Waals surface area contributed by atoms with Crippen molar-refractivity contribution in [1.82, 2.24) is 15.5 Å². The van der Waals surface area contributed by atoms with Crippen molar-refractivity contribution in [1.29, 1.82) is 0 Å². The fourth-order valence-electron chi connectivity index (χ4n) is 2.04. The zero-order valence-corrected chi connectivity index (χ0v) is 11.9. The fourth-order valence-corrected chi connectivity index (χ4v) is 2.04. The van der Waals surface area contributed by atoms with E-state index in [0.717, 1.165) is 32.5 Å². The molecule has 1 heterocycles. The minimum Gasteiger partial charge on any atom is -0.407 e. The van der Waals surface area contributed by atoms with Crippen LogP contribution in [-0.2, 0) is 11.3 Å². The van der Waals surface area contributed by atoms with Gasteiger partial charge in [-0.3, -0.25) is 0 Å². The largest absolute Gasteiger partial charge is 0.407 e. The van der Waals surface area contributed by atoms with Crippen LogP contribution in [0.15, 0.2) is 4.42 Å². The third-order valence-corrected chi connectivity index (χ3v) is 3.58. The van der Waals surface area contributed by atoms with E-state index >= 15 is 0 Å². The Morgan fingerprint density at radius 3 is 2.89 bits per heavy atom.